The van der Waals surface area contributed by atoms with Crippen molar-refractivity contribution in [1.82, 2.24) is 10.6 Å². The molecular weight excluding hydrogens is 596 g/mol. The fraction of sp³-hybridized carbons (Fsp3) is 0.486. The van der Waals surface area contributed by atoms with Gasteiger partial charge in [0.25, 0.3) is 0 Å². The fourth-order valence-electron chi connectivity index (χ4n) is 4.58. The van der Waals surface area contributed by atoms with Crippen LogP contribution in [0, 0.1) is 17.8 Å². The molecule has 2 aromatic rings. The summed E-state index contributed by atoms with van der Waals surface area (Å²) in [6, 6.07) is 14.3. The molecule has 2 amide bonds. The third-order valence-corrected chi connectivity index (χ3v) is 7.54. The van der Waals surface area contributed by atoms with Gasteiger partial charge in [-0.05, 0) is 54.4 Å². The van der Waals surface area contributed by atoms with Crippen LogP contribution < -0.4 is 15.4 Å². The number of methoxy groups -OCH3 is 1. The zero-order chi connectivity index (χ0) is 33.4. The molecule has 0 saturated heterocycles. The summed E-state index contributed by atoms with van der Waals surface area (Å²) in [5, 5.41) is 15.3. The number of carboxylic acid groups (broad SMARTS) is 1. The maximum Gasteiger partial charge on any atom is 0.345 e. The molecule has 0 fully saturated rings. The first-order valence-corrected chi connectivity index (χ1v) is 15.8. The van der Waals surface area contributed by atoms with Crippen LogP contribution in [-0.2, 0) is 30.3 Å². The molecule has 45 heavy (non-hydrogen) atoms. The molecule has 0 aliphatic carbocycles. The Balaban J connectivity index is 1.96. The Hall–Kier alpha value is -3.85. The van der Waals surface area contributed by atoms with Crippen LogP contribution in [0.25, 0.3) is 6.08 Å². The Morgan fingerprint density at radius 3 is 2.33 bits per heavy atom. The number of hydrogen-bond donors (Lipinski definition) is 3. The van der Waals surface area contributed by atoms with Gasteiger partial charge in [-0.3, -0.25) is 14.4 Å². The summed E-state index contributed by atoms with van der Waals surface area (Å²) < 4.78 is 10.4. The lowest BCUT2D eigenvalue weighted by atomic mass is 10.0. The lowest BCUT2D eigenvalue weighted by molar-refractivity contribution is -0.167. The first kappa shape index (κ1) is 37.3. The van der Waals surface area contributed by atoms with E-state index >= 15 is 0 Å². The van der Waals surface area contributed by atoms with Gasteiger partial charge in [0.1, 0.15) is 11.8 Å². The van der Waals surface area contributed by atoms with Crippen molar-refractivity contribution in [3.05, 3.63) is 70.8 Å². The largest absolute Gasteiger partial charge is 0.495 e. The van der Waals surface area contributed by atoms with Crippen molar-refractivity contribution in [2.45, 2.75) is 78.4 Å². The highest BCUT2D eigenvalue weighted by Gasteiger charge is 2.28. The second kappa shape index (κ2) is 19.5. The number of nitrogens with one attached hydrogen (secondary N) is 2. The third kappa shape index (κ3) is 14.2. The molecule has 2 rings (SSSR count). The van der Waals surface area contributed by atoms with Crippen LogP contribution in [0.15, 0.2) is 54.6 Å². The van der Waals surface area contributed by atoms with Crippen LogP contribution in [0.4, 0.5) is 0 Å². The molecule has 9 nitrogen and oxygen atoms in total. The molecule has 3 N–H and O–H groups in total. The summed E-state index contributed by atoms with van der Waals surface area (Å²) in [6.45, 7) is 7.27. The average Bonchev–Trinajstić information content (AvgIpc) is 3.00. The average molecular weight is 643 g/mol. The molecule has 10 heteroatoms. The molecule has 0 heterocycles. The minimum atomic E-state index is -1.26. The minimum absolute atomic E-state index is 0.0182. The number of unbranched alkanes of at least 4 members (excludes halogenated alkanes) is 1. The number of halogens is 1. The van der Waals surface area contributed by atoms with Crippen LogP contribution in [-0.4, -0.2) is 54.7 Å². The van der Waals surface area contributed by atoms with E-state index in [1.165, 1.54) is 7.11 Å². The van der Waals surface area contributed by atoms with Gasteiger partial charge in [0.15, 0.2) is 6.10 Å². The monoisotopic (exact) mass is 642 g/mol. The second-order valence-electron chi connectivity index (χ2n) is 11.8. The Labute approximate surface area is 271 Å². The van der Waals surface area contributed by atoms with Crippen LogP contribution in [0.1, 0.15) is 70.9 Å². The number of allylic oxidation sites excluding steroid dienone is 1. The van der Waals surface area contributed by atoms with Gasteiger partial charge in [0, 0.05) is 19.4 Å². The molecule has 0 aromatic heterocycles. The van der Waals surface area contributed by atoms with Crippen molar-refractivity contribution in [1.29, 1.82) is 0 Å². The molecule has 0 aliphatic rings. The van der Waals surface area contributed by atoms with E-state index in [2.05, 4.69) is 41.8 Å². The van der Waals surface area contributed by atoms with Crippen molar-refractivity contribution >= 4 is 41.4 Å². The van der Waals surface area contributed by atoms with Crippen molar-refractivity contribution in [3.63, 3.8) is 0 Å². The molecule has 0 spiro atoms. The van der Waals surface area contributed by atoms with E-state index in [9.17, 15) is 24.3 Å². The second-order valence-corrected chi connectivity index (χ2v) is 12.2. The number of esters is 1. The Kier molecular flexibility index (Phi) is 16.2. The lowest BCUT2D eigenvalue weighted by Gasteiger charge is -2.21. The highest BCUT2D eigenvalue weighted by molar-refractivity contribution is 6.32. The summed E-state index contributed by atoms with van der Waals surface area (Å²) >= 11 is 6.29. The van der Waals surface area contributed by atoms with Crippen molar-refractivity contribution in [3.8, 4) is 5.75 Å². The van der Waals surface area contributed by atoms with Crippen molar-refractivity contribution in [2.24, 2.45) is 17.8 Å². The summed E-state index contributed by atoms with van der Waals surface area (Å²) in [4.78, 5) is 50.2. The Morgan fingerprint density at radius 1 is 1.00 bits per heavy atom. The maximum absolute atomic E-state index is 13.3. The van der Waals surface area contributed by atoms with E-state index in [0.29, 0.717) is 28.7 Å². The van der Waals surface area contributed by atoms with E-state index in [0.717, 1.165) is 18.4 Å². The number of carbonyl (C=O) groups is 4. The molecule has 0 saturated carbocycles. The number of rotatable bonds is 19. The molecule has 4 atom stereocenters. The fourth-order valence-corrected chi connectivity index (χ4v) is 4.86. The number of benzene rings is 2. The van der Waals surface area contributed by atoms with Crippen LogP contribution >= 0.6 is 11.6 Å². The number of aliphatic carboxylic acids is 1. The van der Waals surface area contributed by atoms with Gasteiger partial charge in [0.2, 0.25) is 11.8 Å². The number of ether oxygens (including phenoxy) is 2. The molecule has 2 aromatic carbocycles. The molecule has 0 radical (unpaired) electrons. The molecular formula is C35H47ClN2O7. The summed E-state index contributed by atoms with van der Waals surface area (Å²) in [7, 11) is 1.51. The number of carbonyl (C=O) groups excluding carboxylic acids is 3. The van der Waals surface area contributed by atoms with E-state index in [4.69, 9.17) is 21.1 Å². The smallest absolute Gasteiger partial charge is 0.345 e. The van der Waals surface area contributed by atoms with Crippen LogP contribution in [0.5, 0.6) is 5.75 Å². The van der Waals surface area contributed by atoms with E-state index < -0.39 is 35.9 Å². The van der Waals surface area contributed by atoms with E-state index in [1.807, 2.05) is 32.0 Å². The van der Waals surface area contributed by atoms with Gasteiger partial charge in [-0.15, -0.1) is 0 Å². The summed E-state index contributed by atoms with van der Waals surface area (Å²) in [5.74, 6) is -2.61. The maximum atomic E-state index is 13.3. The van der Waals surface area contributed by atoms with E-state index in [1.54, 1.807) is 25.1 Å². The van der Waals surface area contributed by atoms with Gasteiger partial charge < -0.3 is 25.2 Å². The topological polar surface area (TPSA) is 131 Å². The Bertz CT molecular complexity index is 1280. The van der Waals surface area contributed by atoms with Gasteiger partial charge in [-0.2, -0.15) is 0 Å². The highest BCUT2D eigenvalue weighted by atomic mass is 35.5. The number of amides is 2. The highest BCUT2D eigenvalue weighted by Crippen LogP contribution is 2.25. The number of hydrogen-bond acceptors (Lipinski definition) is 6. The van der Waals surface area contributed by atoms with Crippen molar-refractivity contribution < 1.29 is 33.8 Å². The van der Waals surface area contributed by atoms with Gasteiger partial charge >= 0.3 is 11.9 Å². The first-order valence-electron chi connectivity index (χ1n) is 15.5. The van der Waals surface area contributed by atoms with Crippen LogP contribution in [0.2, 0.25) is 5.02 Å². The summed E-state index contributed by atoms with van der Waals surface area (Å²) in [5.41, 5.74) is 1.86. The molecule has 246 valence electrons. The molecule has 0 unspecified atom stereocenters. The SMILES string of the molecule is COc1ccc(C[C@@H](NC(=O)CCCC[C@H](C)/C=C/c2ccccc2)C(=O)NC[C@@H](C)C(=O)O[C@@H](CC(C)C)C(=O)O)cc1Cl. The van der Waals surface area contributed by atoms with Gasteiger partial charge in [-0.1, -0.05) is 94.3 Å². The minimum Gasteiger partial charge on any atom is -0.495 e. The first-order chi connectivity index (χ1) is 21.4. The predicted octanol–water partition coefficient (Wildman–Crippen LogP) is 6.08. The standard InChI is InChI=1S/C35H47ClN2O7/c1-23(2)19-31(34(41)42)45-35(43)25(4)22-37-33(40)29(21-27-17-18-30(44-5)28(36)20-27)38-32(39)14-10-9-11-24(3)15-16-26-12-7-6-8-13-26/h6-8,12-13,15-18,20,23-25,29,31H,9-11,14,19,21-22H2,1-5H3,(H,37,40)(H,38,39)(H,41,42)/b16-15+/t24-,25+,29+,31-/m0/s1. The zero-order valence-electron chi connectivity index (χ0n) is 26.9. The van der Waals surface area contributed by atoms with Gasteiger partial charge in [-0.25, -0.2) is 4.79 Å². The number of carboxylic acids is 1. The van der Waals surface area contributed by atoms with E-state index in [-0.39, 0.29) is 37.6 Å². The molecule has 0 aliphatic heterocycles. The third-order valence-electron chi connectivity index (χ3n) is 7.24. The summed E-state index contributed by atoms with van der Waals surface area (Å²) in [6.07, 6.45) is 6.07. The Morgan fingerprint density at radius 2 is 1.71 bits per heavy atom. The predicted molar refractivity (Wildman–Crippen MR) is 176 cm³/mol. The van der Waals surface area contributed by atoms with Gasteiger partial charge in [0.05, 0.1) is 18.1 Å². The lowest BCUT2D eigenvalue weighted by Crippen LogP contribution is -2.49. The quantitative estimate of drug-likeness (QED) is 0.125. The normalized spacial score (nSPS) is 13.9. The van der Waals surface area contributed by atoms with Crippen LogP contribution in [0.3, 0.4) is 0 Å². The molecule has 0 bridgehead atoms. The van der Waals surface area contributed by atoms with Crippen molar-refractivity contribution in [2.75, 3.05) is 13.7 Å². The zero-order valence-corrected chi connectivity index (χ0v) is 27.6.